The van der Waals surface area contributed by atoms with E-state index in [9.17, 15) is 14.3 Å². The first-order valence-corrected chi connectivity index (χ1v) is 8.88. The van der Waals surface area contributed by atoms with Crippen LogP contribution in [-0.4, -0.2) is 46.9 Å². The Kier molecular flexibility index (Phi) is 5.76. The first kappa shape index (κ1) is 19.3. The number of benzene rings is 1. The van der Waals surface area contributed by atoms with Crippen LogP contribution in [0.25, 0.3) is 0 Å². The van der Waals surface area contributed by atoms with Crippen molar-refractivity contribution in [1.82, 2.24) is 15.4 Å². The zero-order chi connectivity index (χ0) is 19.4. The number of carbonyl (C=O) groups excluding carboxylic acids is 1. The number of aliphatic hydroxyl groups is 1. The number of nitrogens with zero attached hydrogens (tertiary/aromatic N) is 2. The number of ether oxygens (including phenoxy) is 1. The lowest BCUT2D eigenvalue weighted by atomic mass is 9.91. The van der Waals surface area contributed by atoms with E-state index in [0.717, 1.165) is 0 Å². The Morgan fingerprint density at radius 1 is 1.44 bits per heavy atom. The third-order valence-corrected chi connectivity index (χ3v) is 4.72. The summed E-state index contributed by atoms with van der Waals surface area (Å²) in [5.74, 6) is 0.415. The Balaban J connectivity index is 1.63. The predicted octanol–water partition coefficient (Wildman–Crippen LogP) is 1.77. The summed E-state index contributed by atoms with van der Waals surface area (Å²) in [6.07, 6.45) is 0.992. The van der Waals surface area contributed by atoms with Gasteiger partial charge in [-0.1, -0.05) is 5.16 Å². The van der Waals surface area contributed by atoms with Crippen LogP contribution in [0.4, 0.5) is 4.39 Å². The molecule has 1 aromatic heterocycles. The van der Waals surface area contributed by atoms with Crippen LogP contribution in [0.15, 0.2) is 28.8 Å². The lowest BCUT2D eigenvalue weighted by Crippen LogP contribution is -2.57. The topological polar surface area (TPSA) is 87.8 Å². The molecule has 1 aliphatic rings. The molecule has 1 aliphatic heterocycles. The van der Waals surface area contributed by atoms with E-state index >= 15 is 0 Å². The van der Waals surface area contributed by atoms with Gasteiger partial charge in [0.2, 0.25) is 0 Å². The van der Waals surface area contributed by atoms with E-state index in [0.29, 0.717) is 48.7 Å². The minimum Gasteiger partial charge on any atom is -0.497 e. The number of rotatable bonds is 7. The summed E-state index contributed by atoms with van der Waals surface area (Å²) in [4.78, 5) is 14.3. The number of aryl methyl sites for hydroxylation is 1. The van der Waals surface area contributed by atoms with Gasteiger partial charge in [0.05, 0.1) is 12.8 Å². The molecular weight excluding hydrogens is 353 g/mol. The van der Waals surface area contributed by atoms with Gasteiger partial charge in [0, 0.05) is 37.8 Å². The summed E-state index contributed by atoms with van der Waals surface area (Å²) >= 11 is 0. The van der Waals surface area contributed by atoms with Crippen molar-refractivity contribution in [3.05, 3.63) is 47.1 Å². The second kappa shape index (κ2) is 8.06. The smallest absolute Gasteiger partial charge is 0.256 e. The summed E-state index contributed by atoms with van der Waals surface area (Å²) in [7, 11) is 1.50. The monoisotopic (exact) mass is 377 g/mol. The summed E-state index contributed by atoms with van der Waals surface area (Å²) in [6, 6.07) is 6.21. The molecule has 1 atom stereocenters. The number of likely N-dealkylation sites (tertiary alicyclic amines) is 1. The average molecular weight is 377 g/mol. The highest BCUT2D eigenvalue weighted by molar-refractivity contribution is 5.86. The molecule has 1 amide bonds. The van der Waals surface area contributed by atoms with Crippen molar-refractivity contribution >= 4 is 5.91 Å². The van der Waals surface area contributed by atoms with Gasteiger partial charge in [-0.2, -0.15) is 0 Å². The summed E-state index contributed by atoms with van der Waals surface area (Å²) in [5.41, 5.74) is -0.459. The van der Waals surface area contributed by atoms with Crippen LogP contribution in [0.1, 0.15) is 29.9 Å². The van der Waals surface area contributed by atoms with Crippen molar-refractivity contribution in [3.63, 3.8) is 0 Å². The number of amides is 1. The molecule has 27 heavy (non-hydrogen) atoms. The van der Waals surface area contributed by atoms with Crippen LogP contribution in [-0.2, 0) is 17.9 Å². The molecule has 0 unspecified atom stereocenters. The number of piperidine rings is 1. The van der Waals surface area contributed by atoms with Crippen LogP contribution in [0.2, 0.25) is 0 Å². The molecule has 7 nitrogen and oxygen atoms in total. The van der Waals surface area contributed by atoms with Crippen LogP contribution >= 0.6 is 0 Å². The lowest BCUT2D eigenvalue weighted by Gasteiger charge is -2.38. The van der Waals surface area contributed by atoms with Gasteiger partial charge in [0.1, 0.15) is 17.3 Å². The van der Waals surface area contributed by atoms with Crippen molar-refractivity contribution in [2.45, 2.75) is 38.5 Å². The van der Waals surface area contributed by atoms with Gasteiger partial charge >= 0.3 is 0 Å². The first-order chi connectivity index (χ1) is 12.9. The number of carbonyl (C=O) groups is 1. The highest BCUT2D eigenvalue weighted by Crippen LogP contribution is 2.26. The van der Waals surface area contributed by atoms with Crippen LogP contribution < -0.4 is 10.1 Å². The van der Waals surface area contributed by atoms with E-state index < -0.39 is 17.3 Å². The molecule has 1 fully saturated rings. The van der Waals surface area contributed by atoms with Crippen LogP contribution in [0, 0.1) is 12.7 Å². The normalized spacial score (nSPS) is 20.1. The fourth-order valence-electron chi connectivity index (χ4n) is 3.28. The number of halogens is 1. The van der Waals surface area contributed by atoms with Gasteiger partial charge in [-0.05, 0) is 38.0 Å². The summed E-state index contributed by atoms with van der Waals surface area (Å²) in [6.45, 7) is 2.84. The maximum Gasteiger partial charge on any atom is 0.256 e. The maximum absolute atomic E-state index is 14.1. The second-order valence-corrected chi connectivity index (χ2v) is 6.85. The van der Waals surface area contributed by atoms with Crippen molar-refractivity contribution in [1.29, 1.82) is 0 Å². The van der Waals surface area contributed by atoms with Crippen LogP contribution in [0.5, 0.6) is 5.75 Å². The van der Waals surface area contributed by atoms with Crippen molar-refractivity contribution in [2.75, 3.05) is 20.2 Å². The third-order valence-electron chi connectivity index (χ3n) is 4.72. The molecule has 2 N–H and O–H groups in total. The van der Waals surface area contributed by atoms with E-state index in [1.807, 2.05) is 0 Å². The fraction of sp³-hybridized carbons (Fsp3) is 0.474. The predicted molar refractivity (Wildman–Crippen MR) is 95.5 cm³/mol. The van der Waals surface area contributed by atoms with Crippen molar-refractivity contribution in [3.8, 4) is 5.75 Å². The molecule has 0 aliphatic carbocycles. The third kappa shape index (κ3) is 4.45. The van der Waals surface area contributed by atoms with E-state index in [1.54, 1.807) is 19.1 Å². The molecule has 3 rings (SSSR count). The Bertz CT molecular complexity index is 810. The number of methoxy groups -OCH3 is 1. The molecule has 2 heterocycles. The van der Waals surface area contributed by atoms with E-state index in [2.05, 4.69) is 10.5 Å². The van der Waals surface area contributed by atoms with E-state index in [4.69, 9.17) is 9.26 Å². The molecule has 0 radical (unpaired) electrons. The second-order valence-electron chi connectivity index (χ2n) is 6.85. The van der Waals surface area contributed by atoms with Gasteiger partial charge in [-0.15, -0.1) is 0 Å². The molecule has 2 aromatic rings. The quantitative estimate of drug-likeness (QED) is 0.765. The Morgan fingerprint density at radius 3 is 2.96 bits per heavy atom. The fourth-order valence-corrected chi connectivity index (χ4v) is 3.28. The number of hydrogen-bond donors (Lipinski definition) is 2. The molecule has 8 heteroatoms. The molecule has 0 spiro atoms. The molecule has 1 saturated heterocycles. The molecule has 0 bridgehead atoms. The highest BCUT2D eigenvalue weighted by Gasteiger charge is 2.42. The molecule has 1 aromatic carbocycles. The maximum atomic E-state index is 14.1. The summed E-state index contributed by atoms with van der Waals surface area (Å²) < 4.78 is 24.2. The largest absolute Gasteiger partial charge is 0.497 e. The van der Waals surface area contributed by atoms with Crippen molar-refractivity contribution < 1.29 is 23.6 Å². The Hall–Kier alpha value is -2.45. The minimum absolute atomic E-state index is 0.0899. The lowest BCUT2D eigenvalue weighted by molar-refractivity contribution is -0.157. The molecular formula is C19H24FN3O4. The van der Waals surface area contributed by atoms with Crippen LogP contribution in [0.3, 0.4) is 0 Å². The van der Waals surface area contributed by atoms with E-state index in [-0.39, 0.29) is 13.1 Å². The number of aromatic nitrogens is 1. The molecule has 0 saturated carbocycles. The number of hydrogen-bond acceptors (Lipinski definition) is 6. The van der Waals surface area contributed by atoms with Gasteiger partial charge in [-0.3, -0.25) is 4.79 Å². The van der Waals surface area contributed by atoms with Gasteiger partial charge in [0.15, 0.2) is 5.60 Å². The number of nitrogens with one attached hydrogen (secondary N) is 1. The Labute approximate surface area is 157 Å². The van der Waals surface area contributed by atoms with Gasteiger partial charge < -0.3 is 24.6 Å². The van der Waals surface area contributed by atoms with Gasteiger partial charge in [-0.25, -0.2) is 4.39 Å². The standard InChI is InChI=1S/C19H24FN3O4/c1-13-8-15(22-27-13)10-21-12-19(25)6-3-7-23(18(19)24)11-14-9-16(26-2)4-5-17(14)20/h4-5,8-9,21,25H,3,6-7,10-12H2,1-2H3/t19-/m0/s1. The van der Waals surface area contributed by atoms with Crippen molar-refractivity contribution in [2.24, 2.45) is 0 Å². The first-order valence-electron chi connectivity index (χ1n) is 8.88. The SMILES string of the molecule is COc1ccc(F)c(CN2CCC[C@](O)(CNCc3cc(C)on3)C2=O)c1. The highest BCUT2D eigenvalue weighted by atomic mass is 19.1. The summed E-state index contributed by atoms with van der Waals surface area (Å²) in [5, 5.41) is 17.8. The zero-order valence-electron chi connectivity index (χ0n) is 15.5. The molecule has 146 valence electrons. The zero-order valence-corrected chi connectivity index (χ0v) is 15.5. The van der Waals surface area contributed by atoms with Gasteiger partial charge in [0.25, 0.3) is 5.91 Å². The van der Waals surface area contributed by atoms with E-state index in [1.165, 1.54) is 24.1 Å². The average Bonchev–Trinajstić information content (AvgIpc) is 3.06. The Morgan fingerprint density at radius 2 is 2.26 bits per heavy atom. The minimum atomic E-state index is -1.52.